The maximum absolute atomic E-state index is 12.5. The first-order chi connectivity index (χ1) is 14.2. The molecular formula is C24H25ClIN3O. The van der Waals surface area contributed by atoms with E-state index in [-0.39, 0.29) is 18.3 Å². The Hall–Kier alpha value is -2.09. The lowest BCUT2D eigenvalue weighted by atomic mass is 10.2. The molecule has 0 saturated carbocycles. The van der Waals surface area contributed by atoms with Gasteiger partial charge in [-0.05, 0) is 64.6 Å². The van der Waals surface area contributed by atoms with Crippen LogP contribution in [0.25, 0.3) is 0 Å². The molecule has 1 saturated heterocycles. The Bertz CT molecular complexity index is 958. The van der Waals surface area contributed by atoms with Gasteiger partial charge >= 0.3 is 0 Å². The van der Waals surface area contributed by atoms with Crippen molar-refractivity contribution in [2.24, 2.45) is 0 Å². The average molecular weight is 534 g/mol. The molecule has 1 heterocycles. The minimum Gasteiger partial charge on any atom is -0.369 e. The topological polar surface area (TPSA) is 35.6 Å². The first kappa shape index (κ1) is 22.6. The summed E-state index contributed by atoms with van der Waals surface area (Å²) in [7, 11) is 0. The maximum atomic E-state index is 12.5. The molecule has 6 heteroatoms. The maximum Gasteiger partial charge on any atom is 0.256 e. The SMILES string of the molecule is Cl.O=C(Nc1ccc(N2CCN(Cc3ccccc3)CC2)cc1)c1ccccc1I. The molecule has 0 aromatic heterocycles. The summed E-state index contributed by atoms with van der Waals surface area (Å²) in [6, 6.07) is 26.4. The van der Waals surface area contributed by atoms with Crippen LogP contribution in [-0.4, -0.2) is 37.0 Å². The standard InChI is InChI=1S/C24H24IN3O.ClH/c25-23-9-5-4-8-22(23)24(29)26-20-10-12-21(13-11-20)28-16-14-27(15-17-28)18-19-6-2-1-3-7-19;/h1-13H,14-18H2,(H,26,29);1H. The molecule has 30 heavy (non-hydrogen) atoms. The van der Waals surface area contributed by atoms with Gasteiger partial charge in [-0.15, -0.1) is 12.4 Å². The highest BCUT2D eigenvalue weighted by atomic mass is 127. The first-order valence-corrected chi connectivity index (χ1v) is 10.9. The van der Waals surface area contributed by atoms with Crippen LogP contribution in [0.1, 0.15) is 15.9 Å². The summed E-state index contributed by atoms with van der Waals surface area (Å²) in [4.78, 5) is 17.4. The molecule has 156 valence electrons. The monoisotopic (exact) mass is 533 g/mol. The number of carbonyl (C=O) groups excluding carboxylic acids is 1. The zero-order valence-electron chi connectivity index (χ0n) is 16.6. The minimum atomic E-state index is -0.0720. The molecule has 4 rings (SSSR count). The molecule has 3 aromatic carbocycles. The van der Waals surface area contributed by atoms with E-state index in [2.05, 4.69) is 80.2 Å². The van der Waals surface area contributed by atoms with Crippen LogP contribution in [0.5, 0.6) is 0 Å². The van der Waals surface area contributed by atoms with E-state index in [4.69, 9.17) is 0 Å². The van der Waals surface area contributed by atoms with Crippen LogP contribution in [-0.2, 0) is 6.54 Å². The van der Waals surface area contributed by atoms with E-state index in [1.807, 2.05) is 36.4 Å². The highest BCUT2D eigenvalue weighted by Crippen LogP contribution is 2.21. The van der Waals surface area contributed by atoms with E-state index in [0.29, 0.717) is 5.56 Å². The van der Waals surface area contributed by atoms with Crippen LogP contribution in [0.15, 0.2) is 78.9 Å². The Kier molecular flexibility index (Phi) is 8.13. The third-order valence-corrected chi connectivity index (χ3v) is 6.17. The summed E-state index contributed by atoms with van der Waals surface area (Å²) in [6.45, 7) is 5.15. The summed E-state index contributed by atoms with van der Waals surface area (Å²) in [6.07, 6.45) is 0. The van der Waals surface area contributed by atoms with E-state index in [1.54, 1.807) is 0 Å². The fourth-order valence-corrected chi connectivity index (χ4v) is 4.24. The molecule has 0 atom stereocenters. The predicted molar refractivity (Wildman–Crippen MR) is 135 cm³/mol. The van der Waals surface area contributed by atoms with Crippen molar-refractivity contribution in [3.05, 3.63) is 93.6 Å². The normalized spacial score (nSPS) is 14.1. The highest BCUT2D eigenvalue weighted by molar-refractivity contribution is 14.1. The molecule has 1 aliphatic rings. The number of benzene rings is 3. The molecule has 0 aliphatic carbocycles. The smallest absolute Gasteiger partial charge is 0.256 e. The Morgan fingerprint density at radius 3 is 2.13 bits per heavy atom. The molecule has 1 fully saturated rings. The lowest BCUT2D eigenvalue weighted by molar-refractivity contribution is 0.102. The number of carbonyl (C=O) groups is 1. The molecule has 1 amide bonds. The van der Waals surface area contributed by atoms with Gasteiger partial charge in [0.25, 0.3) is 5.91 Å². The van der Waals surface area contributed by atoms with E-state index >= 15 is 0 Å². The van der Waals surface area contributed by atoms with Gasteiger partial charge in [0, 0.05) is 47.7 Å². The summed E-state index contributed by atoms with van der Waals surface area (Å²) in [5.41, 5.74) is 4.10. The van der Waals surface area contributed by atoms with Crippen molar-refractivity contribution in [3.63, 3.8) is 0 Å². The van der Waals surface area contributed by atoms with Crippen molar-refractivity contribution in [1.82, 2.24) is 4.90 Å². The van der Waals surface area contributed by atoms with Crippen molar-refractivity contribution >= 4 is 52.3 Å². The molecule has 1 aliphatic heterocycles. The van der Waals surface area contributed by atoms with Crippen molar-refractivity contribution in [2.75, 3.05) is 36.4 Å². The van der Waals surface area contributed by atoms with E-state index in [9.17, 15) is 4.79 Å². The van der Waals surface area contributed by atoms with Crippen LogP contribution in [0, 0.1) is 3.57 Å². The van der Waals surface area contributed by atoms with Gasteiger partial charge in [0.15, 0.2) is 0 Å². The Balaban J connectivity index is 0.00000256. The van der Waals surface area contributed by atoms with Crippen molar-refractivity contribution in [2.45, 2.75) is 6.54 Å². The number of rotatable bonds is 5. The molecule has 0 unspecified atom stereocenters. The summed E-state index contributed by atoms with van der Waals surface area (Å²) < 4.78 is 0.951. The first-order valence-electron chi connectivity index (χ1n) is 9.86. The molecule has 0 bridgehead atoms. The second-order valence-corrected chi connectivity index (χ2v) is 8.39. The Labute approximate surface area is 197 Å². The summed E-state index contributed by atoms with van der Waals surface area (Å²) in [5.74, 6) is -0.0720. The molecular weight excluding hydrogens is 509 g/mol. The third kappa shape index (κ3) is 5.74. The zero-order chi connectivity index (χ0) is 20.1. The number of hydrogen-bond donors (Lipinski definition) is 1. The number of hydrogen-bond acceptors (Lipinski definition) is 3. The van der Waals surface area contributed by atoms with Crippen molar-refractivity contribution < 1.29 is 4.79 Å². The largest absolute Gasteiger partial charge is 0.369 e. The minimum absolute atomic E-state index is 0. The number of nitrogens with one attached hydrogen (secondary N) is 1. The van der Waals surface area contributed by atoms with Gasteiger partial charge in [-0.2, -0.15) is 0 Å². The van der Waals surface area contributed by atoms with Crippen LogP contribution in [0.2, 0.25) is 0 Å². The van der Waals surface area contributed by atoms with Crippen molar-refractivity contribution in [1.29, 1.82) is 0 Å². The van der Waals surface area contributed by atoms with Gasteiger partial charge in [0.1, 0.15) is 0 Å². The van der Waals surface area contributed by atoms with E-state index in [1.165, 1.54) is 11.3 Å². The van der Waals surface area contributed by atoms with Gasteiger partial charge in [-0.1, -0.05) is 42.5 Å². The number of halogens is 2. The predicted octanol–water partition coefficient (Wildman–Crippen LogP) is 5.29. The van der Waals surface area contributed by atoms with E-state index < -0.39 is 0 Å². The van der Waals surface area contributed by atoms with Gasteiger partial charge < -0.3 is 10.2 Å². The fraction of sp³-hybridized carbons (Fsp3) is 0.208. The van der Waals surface area contributed by atoms with E-state index in [0.717, 1.165) is 42.0 Å². The number of piperazine rings is 1. The number of nitrogens with zero attached hydrogens (tertiary/aromatic N) is 2. The second-order valence-electron chi connectivity index (χ2n) is 7.23. The Morgan fingerprint density at radius 1 is 0.833 bits per heavy atom. The van der Waals surface area contributed by atoms with Crippen molar-refractivity contribution in [3.8, 4) is 0 Å². The van der Waals surface area contributed by atoms with Gasteiger partial charge in [-0.25, -0.2) is 0 Å². The van der Waals surface area contributed by atoms with Gasteiger partial charge in [-0.3, -0.25) is 9.69 Å². The second kappa shape index (κ2) is 10.8. The average Bonchev–Trinajstić information content (AvgIpc) is 2.76. The molecule has 0 spiro atoms. The number of anilines is 2. The third-order valence-electron chi connectivity index (χ3n) is 5.23. The molecule has 3 aromatic rings. The van der Waals surface area contributed by atoms with Crippen LogP contribution < -0.4 is 10.2 Å². The fourth-order valence-electron chi connectivity index (χ4n) is 3.61. The lowest BCUT2D eigenvalue weighted by Gasteiger charge is -2.36. The van der Waals surface area contributed by atoms with Crippen LogP contribution >= 0.6 is 35.0 Å². The van der Waals surface area contributed by atoms with Crippen LogP contribution in [0.3, 0.4) is 0 Å². The highest BCUT2D eigenvalue weighted by Gasteiger charge is 2.17. The number of amides is 1. The molecule has 1 N–H and O–H groups in total. The lowest BCUT2D eigenvalue weighted by Crippen LogP contribution is -2.45. The Morgan fingerprint density at radius 2 is 1.47 bits per heavy atom. The molecule has 0 radical (unpaired) electrons. The van der Waals surface area contributed by atoms with Gasteiger partial charge in [0.2, 0.25) is 0 Å². The van der Waals surface area contributed by atoms with Gasteiger partial charge in [0.05, 0.1) is 5.56 Å². The zero-order valence-corrected chi connectivity index (χ0v) is 19.6. The summed E-state index contributed by atoms with van der Waals surface area (Å²) >= 11 is 2.19. The van der Waals surface area contributed by atoms with Crippen LogP contribution in [0.4, 0.5) is 11.4 Å². The summed E-state index contributed by atoms with van der Waals surface area (Å²) in [5, 5.41) is 2.99. The molecule has 4 nitrogen and oxygen atoms in total. The quantitative estimate of drug-likeness (QED) is 0.453.